The lowest BCUT2D eigenvalue weighted by Crippen LogP contribution is -2.42. The van der Waals surface area contributed by atoms with Gasteiger partial charge >= 0.3 is 12.0 Å². The highest BCUT2D eigenvalue weighted by molar-refractivity contribution is 7.91. The fourth-order valence-corrected chi connectivity index (χ4v) is 1.87. The van der Waals surface area contributed by atoms with Crippen molar-refractivity contribution < 1.29 is 27.9 Å². The molecule has 2 amide bonds. The molecule has 0 saturated heterocycles. The van der Waals surface area contributed by atoms with E-state index in [1.54, 1.807) is 0 Å². The topological polar surface area (TPSA) is 122 Å². The Kier molecular flexibility index (Phi) is 8.08. The van der Waals surface area contributed by atoms with Crippen LogP contribution in [0.2, 0.25) is 0 Å². The lowest BCUT2D eigenvalue weighted by molar-refractivity contribution is -0.139. The maximum absolute atomic E-state index is 11.3. The molecule has 0 bridgehead atoms. The summed E-state index contributed by atoms with van der Waals surface area (Å²) in [7, 11) is -1.76. The van der Waals surface area contributed by atoms with Crippen LogP contribution in [0.15, 0.2) is 0 Å². The van der Waals surface area contributed by atoms with E-state index in [0.717, 1.165) is 0 Å². The molecule has 3 N–H and O–H groups in total. The van der Waals surface area contributed by atoms with Gasteiger partial charge in [0, 0.05) is 26.0 Å². The van der Waals surface area contributed by atoms with Crippen LogP contribution in [-0.2, 0) is 19.4 Å². The maximum atomic E-state index is 11.3. The summed E-state index contributed by atoms with van der Waals surface area (Å²) in [5, 5.41) is 13.3. The van der Waals surface area contributed by atoms with Crippen molar-refractivity contribution in [3.8, 4) is 0 Å². The first-order valence-electron chi connectivity index (χ1n) is 5.77. The first kappa shape index (κ1) is 17.6. The second-order valence-electron chi connectivity index (χ2n) is 3.83. The van der Waals surface area contributed by atoms with Crippen LogP contribution in [0.4, 0.5) is 4.79 Å². The molecule has 0 saturated carbocycles. The quantitative estimate of drug-likeness (QED) is 0.512. The van der Waals surface area contributed by atoms with Gasteiger partial charge in [-0.05, 0) is 0 Å². The van der Waals surface area contributed by atoms with E-state index in [9.17, 15) is 18.0 Å². The smallest absolute Gasteiger partial charge is 0.314 e. The predicted octanol–water partition coefficient (Wildman–Crippen LogP) is -0.790. The lowest BCUT2D eigenvalue weighted by atomic mass is 10.2. The Labute approximate surface area is 112 Å². The highest BCUT2D eigenvalue weighted by Crippen LogP contribution is 1.95. The summed E-state index contributed by atoms with van der Waals surface area (Å²) in [6.07, 6.45) is -0.844. The average molecular weight is 296 g/mol. The molecule has 0 radical (unpaired) electrons. The van der Waals surface area contributed by atoms with E-state index >= 15 is 0 Å². The molecule has 0 aromatic rings. The number of amides is 2. The number of ether oxygens (including phenoxy) is 1. The van der Waals surface area contributed by atoms with Crippen LogP contribution in [-0.4, -0.2) is 63.3 Å². The monoisotopic (exact) mass is 296 g/mol. The van der Waals surface area contributed by atoms with Crippen molar-refractivity contribution >= 4 is 21.8 Å². The number of hydrogen-bond donors (Lipinski definition) is 3. The van der Waals surface area contributed by atoms with Crippen LogP contribution >= 0.6 is 0 Å². The number of carboxylic acid groups (broad SMARTS) is 1. The first-order chi connectivity index (χ1) is 8.80. The van der Waals surface area contributed by atoms with Crippen molar-refractivity contribution in [3.63, 3.8) is 0 Å². The minimum absolute atomic E-state index is 0.0125. The molecule has 0 spiro atoms. The summed E-state index contributed by atoms with van der Waals surface area (Å²) in [5.74, 6) is -1.12. The number of aliphatic carboxylic acids is 1. The molecule has 1 unspecified atom stereocenters. The van der Waals surface area contributed by atoms with E-state index in [0.29, 0.717) is 0 Å². The van der Waals surface area contributed by atoms with Gasteiger partial charge in [-0.25, -0.2) is 13.2 Å². The van der Waals surface area contributed by atoms with Crippen LogP contribution in [0, 0.1) is 0 Å². The molecule has 9 heteroatoms. The normalized spacial score (nSPS) is 12.7. The first-order valence-corrected chi connectivity index (χ1v) is 7.59. The van der Waals surface area contributed by atoms with Crippen molar-refractivity contribution in [1.29, 1.82) is 0 Å². The number of hydrogen-bond acceptors (Lipinski definition) is 5. The number of rotatable bonds is 9. The zero-order chi connectivity index (χ0) is 14.9. The molecular formula is C10H20N2O6S. The Balaban J connectivity index is 3.89. The van der Waals surface area contributed by atoms with Gasteiger partial charge in [0.1, 0.15) is 0 Å². The Morgan fingerprint density at radius 1 is 1.32 bits per heavy atom. The molecule has 0 rings (SSSR count). The van der Waals surface area contributed by atoms with Crippen molar-refractivity contribution in [1.82, 2.24) is 10.6 Å². The molecule has 1 atom stereocenters. The zero-order valence-electron chi connectivity index (χ0n) is 11.0. The highest BCUT2D eigenvalue weighted by atomic mass is 32.2. The summed E-state index contributed by atoms with van der Waals surface area (Å²) in [6, 6.07) is -0.557. The summed E-state index contributed by atoms with van der Waals surface area (Å²) in [6.45, 7) is 1.58. The molecule has 19 heavy (non-hydrogen) atoms. The minimum Gasteiger partial charge on any atom is -0.481 e. The van der Waals surface area contributed by atoms with Gasteiger partial charge in [-0.15, -0.1) is 0 Å². The van der Waals surface area contributed by atoms with E-state index in [4.69, 9.17) is 9.84 Å². The van der Waals surface area contributed by atoms with Crippen molar-refractivity contribution in [2.24, 2.45) is 0 Å². The molecule has 0 fully saturated rings. The molecule has 0 aromatic heterocycles. The number of methoxy groups -OCH3 is 1. The van der Waals surface area contributed by atoms with Gasteiger partial charge in [-0.3, -0.25) is 4.79 Å². The van der Waals surface area contributed by atoms with E-state index in [1.165, 1.54) is 14.0 Å². The van der Waals surface area contributed by atoms with Gasteiger partial charge in [0.25, 0.3) is 0 Å². The summed E-state index contributed by atoms with van der Waals surface area (Å²) < 4.78 is 27.2. The van der Waals surface area contributed by atoms with E-state index < -0.39 is 27.9 Å². The summed E-state index contributed by atoms with van der Waals surface area (Å²) in [4.78, 5) is 21.8. The Morgan fingerprint density at radius 2 is 1.95 bits per heavy atom. The SMILES string of the molecule is CCS(=O)(=O)CCNC(=O)NCC(CC(=O)O)OC. The van der Waals surface area contributed by atoms with Gasteiger partial charge < -0.3 is 20.5 Å². The number of carbonyl (C=O) groups excluding carboxylic acids is 1. The molecule has 0 aliphatic heterocycles. The number of sulfone groups is 1. The molecule has 0 heterocycles. The van der Waals surface area contributed by atoms with Crippen LogP contribution in [0.3, 0.4) is 0 Å². The number of nitrogens with one attached hydrogen (secondary N) is 2. The maximum Gasteiger partial charge on any atom is 0.314 e. The molecule has 0 aliphatic carbocycles. The minimum atomic E-state index is -3.11. The van der Waals surface area contributed by atoms with Crippen molar-refractivity contribution in [3.05, 3.63) is 0 Å². The Bertz CT molecular complexity index is 395. The largest absolute Gasteiger partial charge is 0.481 e. The number of carbonyl (C=O) groups is 2. The van der Waals surface area contributed by atoms with Gasteiger partial charge in [0.05, 0.1) is 18.3 Å². The Morgan fingerprint density at radius 3 is 2.42 bits per heavy atom. The van der Waals surface area contributed by atoms with Crippen LogP contribution in [0.25, 0.3) is 0 Å². The predicted molar refractivity (Wildman–Crippen MR) is 68.8 cm³/mol. The molecule has 0 aromatic carbocycles. The fourth-order valence-electron chi connectivity index (χ4n) is 1.17. The van der Waals surface area contributed by atoms with E-state index in [1.807, 2.05) is 0 Å². The van der Waals surface area contributed by atoms with Crippen LogP contribution < -0.4 is 10.6 Å². The fraction of sp³-hybridized carbons (Fsp3) is 0.800. The third-order valence-corrected chi connectivity index (χ3v) is 4.07. The molecule has 8 nitrogen and oxygen atoms in total. The van der Waals surface area contributed by atoms with Crippen molar-refractivity contribution in [2.75, 3.05) is 31.7 Å². The standard InChI is InChI=1S/C10H20N2O6S/c1-3-19(16,17)5-4-11-10(15)12-7-8(18-2)6-9(13)14/h8H,3-7H2,1-2H3,(H,13,14)(H2,11,12,15). The second kappa shape index (κ2) is 8.70. The number of carboxylic acids is 1. The summed E-state index contributed by atoms with van der Waals surface area (Å²) >= 11 is 0. The Hall–Kier alpha value is -1.35. The highest BCUT2D eigenvalue weighted by Gasteiger charge is 2.13. The third kappa shape index (κ3) is 9.25. The van der Waals surface area contributed by atoms with Gasteiger partial charge in [0.2, 0.25) is 0 Å². The third-order valence-electron chi connectivity index (χ3n) is 2.36. The molecule has 112 valence electrons. The van der Waals surface area contributed by atoms with E-state index in [2.05, 4.69) is 10.6 Å². The zero-order valence-corrected chi connectivity index (χ0v) is 11.8. The summed E-state index contributed by atoms with van der Waals surface area (Å²) in [5.41, 5.74) is 0. The second-order valence-corrected chi connectivity index (χ2v) is 6.30. The van der Waals surface area contributed by atoms with Gasteiger partial charge in [-0.1, -0.05) is 6.92 Å². The van der Waals surface area contributed by atoms with Crippen molar-refractivity contribution in [2.45, 2.75) is 19.4 Å². The number of urea groups is 1. The van der Waals surface area contributed by atoms with Gasteiger partial charge in [-0.2, -0.15) is 0 Å². The molecular weight excluding hydrogens is 276 g/mol. The van der Waals surface area contributed by atoms with E-state index in [-0.39, 0.29) is 31.0 Å². The lowest BCUT2D eigenvalue weighted by Gasteiger charge is -2.14. The van der Waals surface area contributed by atoms with Crippen LogP contribution in [0.1, 0.15) is 13.3 Å². The van der Waals surface area contributed by atoms with Gasteiger partial charge in [0.15, 0.2) is 9.84 Å². The van der Waals surface area contributed by atoms with Crippen LogP contribution in [0.5, 0.6) is 0 Å². The average Bonchev–Trinajstić information content (AvgIpc) is 2.33. The molecule has 0 aliphatic rings.